The fourth-order valence-corrected chi connectivity index (χ4v) is 3.80. The Labute approximate surface area is 179 Å². The van der Waals surface area contributed by atoms with Gasteiger partial charge in [-0.15, -0.1) is 10.2 Å². The molecule has 4 rings (SSSR count). The minimum Gasteiger partial charge on any atom is -0.310 e. The van der Waals surface area contributed by atoms with Gasteiger partial charge in [-0.05, 0) is 24.6 Å². The van der Waals surface area contributed by atoms with E-state index in [9.17, 15) is 4.79 Å². The molecule has 0 saturated heterocycles. The van der Waals surface area contributed by atoms with E-state index in [4.69, 9.17) is 0 Å². The number of aryl methyl sites for hydroxylation is 1. The average molecular weight is 419 g/mol. The van der Waals surface area contributed by atoms with E-state index < -0.39 is 0 Å². The van der Waals surface area contributed by atoms with Crippen molar-refractivity contribution in [2.24, 2.45) is 7.05 Å². The maximum atomic E-state index is 12.6. The summed E-state index contributed by atoms with van der Waals surface area (Å²) in [5, 5.41) is 16.7. The molecule has 8 heteroatoms. The molecule has 0 radical (unpaired) electrons. The number of nitrogens with zero attached hydrogens (tertiary/aromatic N) is 5. The number of aromatic nitrogens is 5. The van der Waals surface area contributed by atoms with E-state index in [1.807, 2.05) is 73.1 Å². The van der Waals surface area contributed by atoms with Gasteiger partial charge in [-0.3, -0.25) is 4.79 Å². The van der Waals surface area contributed by atoms with Gasteiger partial charge in [0.05, 0.1) is 17.1 Å². The molecule has 1 amide bonds. The van der Waals surface area contributed by atoms with E-state index in [1.54, 1.807) is 4.68 Å². The van der Waals surface area contributed by atoms with Crippen LogP contribution in [0, 0.1) is 6.92 Å². The number of anilines is 1. The van der Waals surface area contributed by atoms with Gasteiger partial charge >= 0.3 is 0 Å². The van der Waals surface area contributed by atoms with Gasteiger partial charge in [0.15, 0.2) is 5.16 Å². The number of amides is 1. The molecule has 4 aromatic rings. The van der Waals surface area contributed by atoms with Crippen molar-refractivity contribution in [3.8, 4) is 5.69 Å². The van der Waals surface area contributed by atoms with Crippen LogP contribution in [-0.2, 0) is 18.3 Å². The van der Waals surface area contributed by atoms with Crippen molar-refractivity contribution in [3.05, 3.63) is 83.8 Å². The monoisotopic (exact) mass is 418 g/mol. The SMILES string of the molecule is Cc1cc(NC(=O)CSc2nnc(Cc3ccccc3)n2C)n(-c2ccccc2)n1. The Morgan fingerprint density at radius 1 is 1.03 bits per heavy atom. The summed E-state index contributed by atoms with van der Waals surface area (Å²) in [6, 6.07) is 21.7. The number of nitrogens with one attached hydrogen (secondary N) is 1. The highest BCUT2D eigenvalue weighted by molar-refractivity contribution is 7.99. The van der Waals surface area contributed by atoms with Crippen molar-refractivity contribution in [3.63, 3.8) is 0 Å². The van der Waals surface area contributed by atoms with Gasteiger partial charge in [0.2, 0.25) is 5.91 Å². The van der Waals surface area contributed by atoms with E-state index in [-0.39, 0.29) is 11.7 Å². The molecule has 0 spiro atoms. The number of thioether (sulfide) groups is 1. The molecule has 0 saturated carbocycles. The molecule has 2 aromatic heterocycles. The van der Waals surface area contributed by atoms with Crippen molar-refractivity contribution in [1.82, 2.24) is 24.5 Å². The number of rotatable bonds is 7. The fourth-order valence-electron chi connectivity index (χ4n) is 3.07. The number of para-hydroxylation sites is 1. The Hall–Kier alpha value is -3.39. The molecule has 0 aliphatic carbocycles. The molecule has 30 heavy (non-hydrogen) atoms. The van der Waals surface area contributed by atoms with E-state index in [0.29, 0.717) is 17.4 Å². The predicted molar refractivity (Wildman–Crippen MR) is 118 cm³/mol. The largest absolute Gasteiger partial charge is 0.310 e. The third kappa shape index (κ3) is 4.60. The van der Waals surface area contributed by atoms with Crippen LogP contribution in [0.25, 0.3) is 5.69 Å². The van der Waals surface area contributed by atoms with Crippen LogP contribution in [0.1, 0.15) is 17.1 Å². The smallest absolute Gasteiger partial charge is 0.236 e. The zero-order chi connectivity index (χ0) is 20.9. The van der Waals surface area contributed by atoms with Crippen LogP contribution in [0.5, 0.6) is 0 Å². The first-order chi connectivity index (χ1) is 14.6. The molecule has 0 fully saturated rings. The lowest BCUT2D eigenvalue weighted by Gasteiger charge is -2.09. The summed E-state index contributed by atoms with van der Waals surface area (Å²) in [5.74, 6) is 1.62. The van der Waals surface area contributed by atoms with E-state index >= 15 is 0 Å². The standard InChI is InChI=1S/C22H22N6OS/c1-16-13-19(28(26-16)18-11-7-4-8-12-18)23-21(29)15-30-22-25-24-20(27(22)2)14-17-9-5-3-6-10-17/h3-13H,14-15H2,1-2H3,(H,23,29). The molecule has 152 valence electrons. The zero-order valence-corrected chi connectivity index (χ0v) is 17.6. The fraction of sp³-hybridized carbons (Fsp3) is 0.182. The summed E-state index contributed by atoms with van der Waals surface area (Å²) < 4.78 is 3.67. The van der Waals surface area contributed by atoms with Crippen molar-refractivity contribution in [2.45, 2.75) is 18.5 Å². The normalized spacial score (nSPS) is 10.9. The van der Waals surface area contributed by atoms with E-state index in [0.717, 1.165) is 17.2 Å². The summed E-state index contributed by atoms with van der Waals surface area (Å²) in [5.41, 5.74) is 2.90. The Kier molecular flexibility index (Phi) is 5.94. The van der Waals surface area contributed by atoms with Crippen LogP contribution in [0.2, 0.25) is 0 Å². The molecule has 2 heterocycles. The highest BCUT2D eigenvalue weighted by Crippen LogP contribution is 2.20. The van der Waals surface area contributed by atoms with Crippen molar-refractivity contribution < 1.29 is 4.79 Å². The summed E-state index contributed by atoms with van der Waals surface area (Å²) >= 11 is 1.36. The van der Waals surface area contributed by atoms with Crippen LogP contribution in [0.15, 0.2) is 71.9 Å². The Balaban J connectivity index is 1.39. The number of hydrogen-bond donors (Lipinski definition) is 1. The minimum atomic E-state index is -0.121. The molecule has 7 nitrogen and oxygen atoms in total. The molecular weight excluding hydrogens is 396 g/mol. The highest BCUT2D eigenvalue weighted by Gasteiger charge is 2.14. The molecule has 1 N–H and O–H groups in total. The lowest BCUT2D eigenvalue weighted by Crippen LogP contribution is -2.17. The molecule has 2 aromatic carbocycles. The van der Waals surface area contributed by atoms with Gasteiger partial charge in [0.25, 0.3) is 0 Å². The quantitative estimate of drug-likeness (QED) is 0.464. The summed E-state index contributed by atoms with van der Waals surface area (Å²) in [7, 11) is 1.92. The molecular formula is C22H22N6OS. The average Bonchev–Trinajstić information content (AvgIpc) is 3.30. The number of carbonyl (C=O) groups excluding carboxylic acids is 1. The topological polar surface area (TPSA) is 77.6 Å². The number of carbonyl (C=O) groups is 1. The van der Waals surface area contributed by atoms with Crippen molar-refractivity contribution >= 4 is 23.5 Å². The van der Waals surface area contributed by atoms with Gasteiger partial charge < -0.3 is 9.88 Å². The summed E-state index contributed by atoms with van der Waals surface area (Å²) in [6.07, 6.45) is 0.701. The molecule has 0 unspecified atom stereocenters. The van der Waals surface area contributed by atoms with Gasteiger partial charge in [-0.1, -0.05) is 60.3 Å². The highest BCUT2D eigenvalue weighted by atomic mass is 32.2. The second-order valence-electron chi connectivity index (χ2n) is 6.88. The molecule has 0 atom stereocenters. The van der Waals surface area contributed by atoms with Gasteiger partial charge in [0, 0.05) is 19.5 Å². The van der Waals surface area contributed by atoms with Crippen molar-refractivity contribution in [2.75, 3.05) is 11.1 Å². The first-order valence-electron chi connectivity index (χ1n) is 9.57. The molecule has 0 aliphatic heterocycles. The lowest BCUT2D eigenvalue weighted by atomic mass is 10.1. The lowest BCUT2D eigenvalue weighted by molar-refractivity contribution is -0.113. The van der Waals surface area contributed by atoms with Crippen LogP contribution in [-0.4, -0.2) is 36.2 Å². The first-order valence-corrected chi connectivity index (χ1v) is 10.6. The molecule has 0 aliphatic rings. The summed E-state index contributed by atoms with van der Waals surface area (Å²) in [6.45, 7) is 1.90. The number of hydrogen-bond acceptors (Lipinski definition) is 5. The van der Waals surface area contributed by atoms with Crippen molar-refractivity contribution in [1.29, 1.82) is 0 Å². The Bertz CT molecular complexity index is 1140. The van der Waals surface area contributed by atoms with Gasteiger partial charge in [-0.25, -0.2) is 4.68 Å². The summed E-state index contributed by atoms with van der Waals surface area (Å²) in [4.78, 5) is 12.6. The third-order valence-electron chi connectivity index (χ3n) is 4.56. The zero-order valence-electron chi connectivity index (χ0n) is 16.8. The maximum absolute atomic E-state index is 12.6. The third-order valence-corrected chi connectivity index (χ3v) is 5.58. The van der Waals surface area contributed by atoms with Crippen LogP contribution in [0.4, 0.5) is 5.82 Å². The van der Waals surface area contributed by atoms with Gasteiger partial charge in [0.1, 0.15) is 11.6 Å². The Morgan fingerprint density at radius 2 is 1.73 bits per heavy atom. The van der Waals surface area contributed by atoms with Gasteiger partial charge in [-0.2, -0.15) is 5.10 Å². The predicted octanol–water partition coefficient (Wildman–Crippen LogP) is 3.63. The van der Waals surface area contributed by atoms with E-state index in [1.165, 1.54) is 17.3 Å². The number of benzene rings is 2. The second-order valence-corrected chi connectivity index (χ2v) is 7.82. The first kappa shape index (κ1) is 19.9. The second kappa shape index (κ2) is 8.96. The van der Waals surface area contributed by atoms with Crippen LogP contribution >= 0.6 is 11.8 Å². The molecule has 0 bridgehead atoms. The minimum absolute atomic E-state index is 0.121. The Morgan fingerprint density at radius 3 is 2.47 bits per heavy atom. The maximum Gasteiger partial charge on any atom is 0.236 e. The van der Waals surface area contributed by atoms with E-state index in [2.05, 4.69) is 32.7 Å². The van der Waals surface area contributed by atoms with Crippen LogP contribution in [0.3, 0.4) is 0 Å². The van der Waals surface area contributed by atoms with Crippen LogP contribution < -0.4 is 5.32 Å².